The van der Waals surface area contributed by atoms with Crippen molar-refractivity contribution in [2.45, 2.75) is 19.8 Å². The molecule has 1 aromatic carbocycles. The molecule has 26 heavy (non-hydrogen) atoms. The van der Waals surface area contributed by atoms with Crippen molar-refractivity contribution in [3.8, 4) is 23.1 Å². The standard InChI is InChI=1S/C21H21N3O2/c1-14(21(10-11-21)15(2)25)23-20-19(26-4)9-8-18(24(20)3)17-7-5-6-16(12-17)13-22/h5-9,12H,1,10-11H2,2-4H3/b23-20-. The summed E-state index contributed by atoms with van der Waals surface area (Å²) in [6.45, 7) is 5.64. The van der Waals surface area contributed by atoms with Gasteiger partial charge in [0.2, 0.25) is 0 Å². The molecule has 1 saturated carbocycles. The van der Waals surface area contributed by atoms with Gasteiger partial charge < -0.3 is 9.30 Å². The molecule has 0 radical (unpaired) electrons. The Morgan fingerprint density at radius 3 is 2.65 bits per heavy atom. The second kappa shape index (κ2) is 6.64. The first kappa shape index (κ1) is 17.7. The second-order valence-corrected chi connectivity index (χ2v) is 6.56. The molecule has 1 aliphatic carbocycles. The highest BCUT2D eigenvalue weighted by Crippen LogP contribution is 2.52. The van der Waals surface area contributed by atoms with Crippen LogP contribution < -0.4 is 10.2 Å². The van der Waals surface area contributed by atoms with E-state index in [0.717, 1.165) is 24.1 Å². The third-order valence-corrected chi connectivity index (χ3v) is 5.02. The molecule has 1 fully saturated rings. The van der Waals surface area contributed by atoms with Gasteiger partial charge in [0.1, 0.15) is 5.78 Å². The average molecular weight is 347 g/mol. The van der Waals surface area contributed by atoms with E-state index < -0.39 is 5.41 Å². The molecule has 0 N–H and O–H groups in total. The number of rotatable bonds is 5. The SMILES string of the molecule is C=C(/N=c1/c(OC)ccc(-c2cccc(C#N)c2)n1C)C1(C(C)=O)CC1. The minimum absolute atomic E-state index is 0.103. The Morgan fingerprint density at radius 2 is 2.08 bits per heavy atom. The van der Waals surface area contributed by atoms with Gasteiger partial charge in [0, 0.05) is 18.4 Å². The predicted molar refractivity (Wildman–Crippen MR) is 99.2 cm³/mol. The molecule has 0 atom stereocenters. The van der Waals surface area contributed by atoms with Gasteiger partial charge in [0.05, 0.1) is 24.2 Å². The second-order valence-electron chi connectivity index (χ2n) is 6.56. The van der Waals surface area contributed by atoms with Crippen molar-refractivity contribution >= 4 is 5.78 Å². The minimum Gasteiger partial charge on any atom is -0.493 e. The van der Waals surface area contributed by atoms with Crippen molar-refractivity contribution in [1.29, 1.82) is 5.26 Å². The van der Waals surface area contributed by atoms with Gasteiger partial charge in [0.25, 0.3) is 0 Å². The van der Waals surface area contributed by atoms with E-state index in [1.165, 1.54) is 0 Å². The number of pyridine rings is 1. The van der Waals surface area contributed by atoms with Crippen LogP contribution >= 0.6 is 0 Å². The molecule has 3 rings (SSSR count). The number of ketones is 1. The van der Waals surface area contributed by atoms with Crippen molar-refractivity contribution in [2.75, 3.05) is 7.11 Å². The lowest BCUT2D eigenvalue weighted by molar-refractivity contribution is -0.120. The lowest BCUT2D eigenvalue weighted by Gasteiger charge is -2.15. The Hall–Kier alpha value is -3.13. The maximum atomic E-state index is 12.0. The monoisotopic (exact) mass is 347 g/mol. The quantitative estimate of drug-likeness (QED) is 0.833. The fraction of sp³-hybridized carbons (Fsp3) is 0.286. The van der Waals surface area contributed by atoms with Crippen LogP contribution in [0.25, 0.3) is 11.3 Å². The minimum atomic E-state index is -0.519. The van der Waals surface area contributed by atoms with Crippen LogP contribution in [-0.4, -0.2) is 17.5 Å². The number of hydrogen-bond acceptors (Lipinski definition) is 4. The third kappa shape index (κ3) is 2.95. The Balaban J connectivity index is 2.16. The molecule has 0 aliphatic heterocycles. The molecule has 5 heteroatoms. The van der Waals surface area contributed by atoms with Crippen molar-refractivity contribution in [2.24, 2.45) is 17.5 Å². The number of carbonyl (C=O) groups excluding carboxylic acids is 1. The summed E-state index contributed by atoms with van der Waals surface area (Å²) in [5.41, 5.74) is 3.04. The lowest BCUT2D eigenvalue weighted by atomic mass is 9.99. The number of allylic oxidation sites excluding steroid dienone is 1. The summed E-state index contributed by atoms with van der Waals surface area (Å²) < 4.78 is 7.36. The lowest BCUT2D eigenvalue weighted by Crippen LogP contribution is -2.24. The number of Topliss-reactive ketones (excluding diaryl/α,β-unsaturated/α-hetero) is 1. The molecule has 1 aliphatic rings. The zero-order valence-corrected chi connectivity index (χ0v) is 15.2. The number of methoxy groups -OCH3 is 1. The van der Waals surface area contributed by atoms with E-state index in [0.29, 0.717) is 22.5 Å². The number of ether oxygens (including phenoxy) is 1. The van der Waals surface area contributed by atoms with Crippen LogP contribution in [0.5, 0.6) is 5.75 Å². The summed E-state index contributed by atoms with van der Waals surface area (Å²) in [6, 6.07) is 13.3. The first-order chi connectivity index (χ1) is 12.4. The van der Waals surface area contributed by atoms with Gasteiger partial charge in [-0.2, -0.15) is 5.26 Å². The first-order valence-electron chi connectivity index (χ1n) is 8.42. The molecule has 132 valence electrons. The van der Waals surface area contributed by atoms with Crippen LogP contribution in [-0.2, 0) is 11.8 Å². The van der Waals surface area contributed by atoms with Gasteiger partial charge in [-0.05, 0) is 49.6 Å². The molecule has 2 aromatic rings. The number of benzene rings is 1. The van der Waals surface area contributed by atoms with Crippen LogP contribution in [0.15, 0.2) is 53.7 Å². The summed E-state index contributed by atoms with van der Waals surface area (Å²) >= 11 is 0. The van der Waals surface area contributed by atoms with E-state index in [-0.39, 0.29) is 5.78 Å². The molecular formula is C21H21N3O2. The molecule has 0 saturated heterocycles. The molecule has 1 heterocycles. The molecule has 0 spiro atoms. The zero-order valence-electron chi connectivity index (χ0n) is 15.2. The molecule has 5 nitrogen and oxygen atoms in total. The summed E-state index contributed by atoms with van der Waals surface area (Å²) in [5, 5.41) is 9.14. The molecule has 1 aromatic heterocycles. The largest absolute Gasteiger partial charge is 0.493 e. The summed E-state index contributed by atoms with van der Waals surface area (Å²) in [4.78, 5) is 16.6. The predicted octanol–water partition coefficient (Wildman–Crippen LogP) is 3.36. The Labute approximate surface area is 152 Å². The fourth-order valence-electron chi connectivity index (χ4n) is 3.15. The van der Waals surface area contributed by atoms with Crippen molar-refractivity contribution in [3.63, 3.8) is 0 Å². The highest BCUT2D eigenvalue weighted by atomic mass is 16.5. The van der Waals surface area contributed by atoms with Gasteiger partial charge in [-0.1, -0.05) is 18.7 Å². The van der Waals surface area contributed by atoms with E-state index in [1.807, 2.05) is 41.9 Å². The van der Waals surface area contributed by atoms with E-state index in [1.54, 1.807) is 20.1 Å². The van der Waals surface area contributed by atoms with E-state index in [9.17, 15) is 4.79 Å². The smallest absolute Gasteiger partial charge is 0.175 e. The van der Waals surface area contributed by atoms with Crippen LogP contribution in [0.1, 0.15) is 25.3 Å². The van der Waals surface area contributed by atoms with Crippen LogP contribution in [0.2, 0.25) is 0 Å². The highest BCUT2D eigenvalue weighted by Gasteiger charge is 2.50. The number of aromatic nitrogens is 1. The van der Waals surface area contributed by atoms with Crippen LogP contribution in [0, 0.1) is 16.7 Å². The zero-order chi connectivity index (χ0) is 18.9. The van der Waals surface area contributed by atoms with Crippen LogP contribution in [0.3, 0.4) is 0 Å². The Bertz CT molecular complexity index is 1000. The van der Waals surface area contributed by atoms with E-state index in [4.69, 9.17) is 10.00 Å². The summed E-state index contributed by atoms with van der Waals surface area (Å²) in [7, 11) is 3.47. The summed E-state index contributed by atoms with van der Waals surface area (Å²) in [6.07, 6.45) is 1.58. The van der Waals surface area contributed by atoms with Crippen molar-refractivity contribution in [3.05, 3.63) is 59.7 Å². The fourth-order valence-corrected chi connectivity index (χ4v) is 3.15. The highest BCUT2D eigenvalue weighted by molar-refractivity contribution is 5.88. The topological polar surface area (TPSA) is 67.4 Å². The maximum absolute atomic E-state index is 12.0. The number of hydrogen-bond donors (Lipinski definition) is 0. The van der Waals surface area contributed by atoms with Crippen molar-refractivity contribution in [1.82, 2.24) is 4.57 Å². The van der Waals surface area contributed by atoms with E-state index >= 15 is 0 Å². The number of nitriles is 1. The molecular weight excluding hydrogens is 326 g/mol. The van der Waals surface area contributed by atoms with Gasteiger partial charge >= 0.3 is 0 Å². The van der Waals surface area contributed by atoms with Gasteiger partial charge in [0.15, 0.2) is 11.2 Å². The normalized spacial score (nSPS) is 15.2. The number of nitrogens with zero attached hydrogens (tertiary/aromatic N) is 3. The first-order valence-corrected chi connectivity index (χ1v) is 8.42. The Kier molecular flexibility index (Phi) is 4.52. The van der Waals surface area contributed by atoms with Gasteiger partial charge in [-0.25, -0.2) is 4.99 Å². The summed E-state index contributed by atoms with van der Waals surface area (Å²) in [5.74, 6) is 0.707. The van der Waals surface area contributed by atoms with E-state index in [2.05, 4.69) is 17.6 Å². The van der Waals surface area contributed by atoms with Gasteiger partial charge in [-0.3, -0.25) is 4.79 Å². The Morgan fingerprint density at radius 1 is 1.35 bits per heavy atom. The third-order valence-electron chi connectivity index (χ3n) is 5.02. The van der Waals surface area contributed by atoms with Gasteiger partial charge in [-0.15, -0.1) is 0 Å². The molecule has 0 bridgehead atoms. The molecule has 0 amide bonds. The molecule has 0 unspecified atom stereocenters. The number of carbonyl (C=O) groups is 1. The van der Waals surface area contributed by atoms with Crippen molar-refractivity contribution < 1.29 is 9.53 Å². The van der Waals surface area contributed by atoms with Crippen LogP contribution in [0.4, 0.5) is 0 Å². The maximum Gasteiger partial charge on any atom is 0.175 e. The average Bonchev–Trinajstić information content (AvgIpc) is 3.45.